The first-order valence-electron chi connectivity index (χ1n) is 6.30. The molecule has 0 saturated heterocycles. The number of amides is 2. The summed E-state index contributed by atoms with van der Waals surface area (Å²) in [6.45, 7) is 0.392. The van der Waals surface area contributed by atoms with E-state index < -0.39 is 6.03 Å². The highest BCUT2D eigenvalue weighted by atomic mass is 79.9. The van der Waals surface area contributed by atoms with E-state index in [0.29, 0.717) is 22.9 Å². The third-order valence-electron chi connectivity index (χ3n) is 2.66. The first kappa shape index (κ1) is 16.3. The minimum Gasteiger partial charge on any atom is -0.488 e. The summed E-state index contributed by atoms with van der Waals surface area (Å²) in [7, 11) is 0. The Morgan fingerprint density at radius 2 is 2.05 bits per heavy atom. The molecule has 0 spiro atoms. The number of urea groups is 1. The molecule has 0 aliphatic heterocycles. The number of nitrogens with zero attached hydrogens (tertiary/aromatic N) is 1. The van der Waals surface area contributed by atoms with Gasteiger partial charge in [0.1, 0.15) is 12.4 Å². The Labute approximate surface area is 141 Å². The van der Waals surface area contributed by atoms with Gasteiger partial charge in [-0.25, -0.2) is 10.2 Å². The number of primary amides is 1. The second kappa shape index (κ2) is 7.82. The molecular formula is C15H13BrClN3O2. The van der Waals surface area contributed by atoms with E-state index in [2.05, 4.69) is 26.5 Å². The number of halogens is 2. The van der Waals surface area contributed by atoms with Crippen molar-refractivity contribution in [3.8, 4) is 5.75 Å². The number of hydrogen-bond acceptors (Lipinski definition) is 3. The van der Waals surface area contributed by atoms with E-state index in [-0.39, 0.29) is 0 Å². The van der Waals surface area contributed by atoms with E-state index in [0.717, 1.165) is 10.0 Å². The molecule has 7 heteroatoms. The van der Waals surface area contributed by atoms with Gasteiger partial charge in [0.2, 0.25) is 0 Å². The van der Waals surface area contributed by atoms with Crippen molar-refractivity contribution in [2.24, 2.45) is 10.8 Å². The molecule has 0 aromatic heterocycles. The van der Waals surface area contributed by atoms with Crippen LogP contribution < -0.4 is 15.9 Å². The molecule has 0 fully saturated rings. The van der Waals surface area contributed by atoms with Gasteiger partial charge < -0.3 is 10.5 Å². The summed E-state index contributed by atoms with van der Waals surface area (Å²) in [5, 5.41) is 4.42. The lowest BCUT2D eigenvalue weighted by molar-refractivity contribution is 0.249. The molecule has 3 N–H and O–H groups in total. The highest BCUT2D eigenvalue weighted by Crippen LogP contribution is 2.23. The molecule has 0 radical (unpaired) electrons. The summed E-state index contributed by atoms with van der Waals surface area (Å²) >= 11 is 9.22. The zero-order valence-electron chi connectivity index (χ0n) is 11.4. The molecule has 0 aliphatic carbocycles. The number of hydrazone groups is 1. The zero-order chi connectivity index (χ0) is 15.9. The van der Waals surface area contributed by atoms with Crippen LogP contribution in [0.4, 0.5) is 4.79 Å². The number of rotatable bonds is 5. The van der Waals surface area contributed by atoms with Crippen molar-refractivity contribution < 1.29 is 9.53 Å². The van der Waals surface area contributed by atoms with Crippen LogP contribution in [0.5, 0.6) is 5.75 Å². The molecule has 2 aromatic rings. The topological polar surface area (TPSA) is 76.7 Å². The number of ether oxygens (including phenoxy) is 1. The van der Waals surface area contributed by atoms with Gasteiger partial charge in [0.25, 0.3) is 0 Å². The van der Waals surface area contributed by atoms with Crippen LogP contribution in [0.1, 0.15) is 11.1 Å². The van der Waals surface area contributed by atoms with Gasteiger partial charge in [-0.1, -0.05) is 39.7 Å². The largest absolute Gasteiger partial charge is 0.488 e. The van der Waals surface area contributed by atoms with Crippen LogP contribution in [0.3, 0.4) is 0 Å². The van der Waals surface area contributed by atoms with Gasteiger partial charge in [0.05, 0.1) is 6.21 Å². The Morgan fingerprint density at radius 3 is 2.73 bits per heavy atom. The Hall–Kier alpha value is -2.05. The Bertz CT molecular complexity index is 690. The molecule has 2 aromatic carbocycles. The Kier molecular flexibility index (Phi) is 5.80. The van der Waals surface area contributed by atoms with Crippen molar-refractivity contribution in [2.75, 3.05) is 0 Å². The van der Waals surface area contributed by atoms with Crippen molar-refractivity contribution in [2.45, 2.75) is 6.61 Å². The molecule has 0 unspecified atom stereocenters. The van der Waals surface area contributed by atoms with E-state index in [1.165, 1.54) is 6.21 Å². The van der Waals surface area contributed by atoms with Crippen LogP contribution in [0.25, 0.3) is 0 Å². The van der Waals surface area contributed by atoms with E-state index in [1.54, 1.807) is 12.1 Å². The van der Waals surface area contributed by atoms with Gasteiger partial charge in [-0.15, -0.1) is 0 Å². The van der Waals surface area contributed by atoms with E-state index in [4.69, 9.17) is 22.1 Å². The van der Waals surface area contributed by atoms with Gasteiger partial charge in [-0.2, -0.15) is 5.10 Å². The Morgan fingerprint density at radius 1 is 1.32 bits per heavy atom. The quantitative estimate of drug-likeness (QED) is 0.611. The third kappa shape index (κ3) is 5.05. The maximum Gasteiger partial charge on any atom is 0.332 e. The minimum absolute atomic E-state index is 0.392. The summed E-state index contributed by atoms with van der Waals surface area (Å²) in [5.41, 5.74) is 8.80. The lowest BCUT2D eigenvalue weighted by Crippen LogP contribution is -2.24. The Balaban J connectivity index is 2.10. The molecule has 22 heavy (non-hydrogen) atoms. The molecular weight excluding hydrogens is 370 g/mol. The number of hydrogen-bond donors (Lipinski definition) is 2. The van der Waals surface area contributed by atoms with Crippen LogP contribution in [0.15, 0.2) is 52.0 Å². The smallest absolute Gasteiger partial charge is 0.332 e. The number of carbonyl (C=O) groups excluding carboxylic acids is 1. The van der Waals surface area contributed by atoms with Crippen molar-refractivity contribution in [1.29, 1.82) is 0 Å². The maximum absolute atomic E-state index is 10.6. The molecule has 0 heterocycles. The second-order valence-corrected chi connectivity index (χ2v) is 5.68. The van der Waals surface area contributed by atoms with Crippen LogP contribution in [0.2, 0.25) is 5.02 Å². The predicted octanol–water partition coefficient (Wildman–Crippen LogP) is 3.68. The fourth-order valence-electron chi connectivity index (χ4n) is 1.66. The molecule has 0 saturated carbocycles. The number of benzene rings is 2. The summed E-state index contributed by atoms with van der Waals surface area (Å²) in [6.07, 6.45) is 1.46. The van der Waals surface area contributed by atoms with Crippen molar-refractivity contribution in [3.05, 3.63) is 63.1 Å². The lowest BCUT2D eigenvalue weighted by Gasteiger charge is -2.09. The van der Waals surface area contributed by atoms with Crippen molar-refractivity contribution in [1.82, 2.24) is 5.43 Å². The first-order chi connectivity index (χ1) is 10.5. The van der Waals surface area contributed by atoms with Gasteiger partial charge in [-0.3, -0.25) is 0 Å². The minimum atomic E-state index is -0.727. The predicted molar refractivity (Wildman–Crippen MR) is 90.2 cm³/mol. The summed E-state index contributed by atoms with van der Waals surface area (Å²) in [5.74, 6) is 0.633. The summed E-state index contributed by atoms with van der Waals surface area (Å²) < 4.78 is 6.64. The number of nitrogens with one attached hydrogen (secondary N) is 1. The highest BCUT2D eigenvalue weighted by molar-refractivity contribution is 9.10. The molecule has 2 rings (SSSR count). The molecule has 0 atom stereocenters. The van der Waals surface area contributed by atoms with E-state index in [1.807, 2.05) is 30.3 Å². The molecule has 0 bridgehead atoms. The standard InChI is InChI=1S/C15H13BrClN3O2/c16-12-3-6-14(11(7-12)8-19-20-15(18)21)22-9-10-1-4-13(17)5-2-10/h1-8H,9H2,(H3,18,20,21)/b19-8-. The van der Waals surface area contributed by atoms with Gasteiger partial charge in [0.15, 0.2) is 0 Å². The van der Waals surface area contributed by atoms with E-state index >= 15 is 0 Å². The zero-order valence-corrected chi connectivity index (χ0v) is 13.8. The van der Waals surface area contributed by atoms with Gasteiger partial charge in [-0.05, 0) is 35.9 Å². The number of carbonyl (C=O) groups is 1. The van der Waals surface area contributed by atoms with Crippen molar-refractivity contribution in [3.63, 3.8) is 0 Å². The normalized spacial score (nSPS) is 10.6. The average Bonchev–Trinajstić information content (AvgIpc) is 2.48. The molecule has 0 aliphatic rings. The first-order valence-corrected chi connectivity index (χ1v) is 7.47. The SMILES string of the molecule is NC(=O)N/N=C\c1cc(Br)ccc1OCc1ccc(Cl)cc1. The van der Waals surface area contributed by atoms with Crippen LogP contribution >= 0.6 is 27.5 Å². The van der Waals surface area contributed by atoms with Gasteiger partial charge in [0, 0.05) is 15.1 Å². The van der Waals surface area contributed by atoms with Gasteiger partial charge >= 0.3 is 6.03 Å². The highest BCUT2D eigenvalue weighted by Gasteiger charge is 2.04. The number of nitrogens with two attached hydrogens (primary N) is 1. The average molecular weight is 383 g/mol. The lowest BCUT2D eigenvalue weighted by atomic mass is 10.2. The second-order valence-electron chi connectivity index (χ2n) is 4.33. The summed E-state index contributed by atoms with van der Waals surface area (Å²) in [6, 6.07) is 12.2. The molecule has 114 valence electrons. The summed E-state index contributed by atoms with van der Waals surface area (Å²) in [4.78, 5) is 10.6. The van der Waals surface area contributed by atoms with E-state index in [9.17, 15) is 4.79 Å². The monoisotopic (exact) mass is 381 g/mol. The van der Waals surface area contributed by atoms with Crippen LogP contribution in [0, 0.1) is 0 Å². The van der Waals surface area contributed by atoms with Crippen LogP contribution in [-0.2, 0) is 6.61 Å². The molecule has 2 amide bonds. The fraction of sp³-hybridized carbons (Fsp3) is 0.0667. The van der Waals surface area contributed by atoms with Crippen LogP contribution in [-0.4, -0.2) is 12.2 Å². The molecule has 5 nitrogen and oxygen atoms in total. The van der Waals surface area contributed by atoms with Crippen molar-refractivity contribution >= 4 is 39.8 Å². The fourth-order valence-corrected chi connectivity index (χ4v) is 2.16. The third-order valence-corrected chi connectivity index (χ3v) is 3.40. The maximum atomic E-state index is 10.6.